The zero-order valence-electron chi connectivity index (χ0n) is 8.75. The van der Waals surface area contributed by atoms with Gasteiger partial charge in [0.1, 0.15) is 11.9 Å². The van der Waals surface area contributed by atoms with Gasteiger partial charge in [0.25, 0.3) is 0 Å². The van der Waals surface area contributed by atoms with Gasteiger partial charge in [0.2, 0.25) is 0 Å². The summed E-state index contributed by atoms with van der Waals surface area (Å²) in [5.74, 6) is -1.47. The van der Waals surface area contributed by atoms with E-state index in [-0.39, 0.29) is 12.2 Å². The van der Waals surface area contributed by atoms with Gasteiger partial charge in [0, 0.05) is 6.42 Å². The van der Waals surface area contributed by atoms with E-state index in [1.54, 1.807) is 26.0 Å². The Hall–Kier alpha value is -1.42. The van der Waals surface area contributed by atoms with Crippen molar-refractivity contribution in [2.45, 2.75) is 26.3 Å². The lowest BCUT2D eigenvalue weighted by Crippen LogP contribution is -2.32. The summed E-state index contributed by atoms with van der Waals surface area (Å²) in [4.78, 5) is 10.6. The second-order valence-corrected chi connectivity index (χ2v) is 3.64. The number of benzene rings is 1. The highest BCUT2D eigenvalue weighted by Gasteiger charge is 2.17. The average Bonchev–Trinajstić information content (AvgIpc) is 2.18. The number of halogens is 1. The van der Waals surface area contributed by atoms with E-state index in [0.717, 1.165) is 5.56 Å². The lowest BCUT2D eigenvalue weighted by molar-refractivity contribution is -0.138. The van der Waals surface area contributed by atoms with E-state index in [9.17, 15) is 9.18 Å². The number of carboxylic acids is 1. The van der Waals surface area contributed by atoms with Crippen LogP contribution in [0.2, 0.25) is 0 Å². The summed E-state index contributed by atoms with van der Waals surface area (Å²) in [7, 11) is 0. The Morgan fingerprint density at radius 2 is 2.00 bits per heavy atom. The molecule has 0 spiro atoms. The lowest BCUT2D eigenvalue weighted by Gasteiger charge is -2.11. The zero-order chi connectivity index (χ0) is 11.6. The number of rotatable bonds is 3. The van der Waals surface area contributed by atoms with E-state index in [0.29, 0.717) is 11.1 Å². The molecule has 0 saturated carbocycles. The van der Waals surface area contributed by atoms with Crippen LogP contribution in [0.3, 0.4) is 0 Å². The SMILES string of the molecule is Cc1ccc(C)c(CC(N)C(=O)O)c1F. The van der Waals surface area contributed by atoms with Gasteiger partial charge in [-0.2, -0.15) is 0 Å². The van der Waals surface area contributed by atoms with Crippen LogP contribution in [-0.4, -0.2) is 17.1 Å². The first kappa shape index (κ1) is 11.7. The highest BCUT2D eigenvalue weighted by atomic mass is 19.1. The van der Waals surface area contributed by atoms with Crippen LogP contribution >= 0.6 is 0 Å². The van der Waals surface area contributed by atoms with Gasteiger partial charge in [0.05, 0.1) is 0 Å². The summed E-state index contributed by atoms with van der Waals surface area (Å²) in [6, 6.07) is 2.38. The number of carbonyl (C=O) groups is 1. The van der Waals surface area contributed by atoms with Crippen molar-refractivity contribution in [1.29, 1.82) is 0 Å². The van der Waals surface area contributed by atoms with Crippen LogP contribution in [0.15, 0.2) is 12.1 Å². The summed E-state index contributed by atoms with van der Waals surface area (Å²) in [5.41, 5.74) is 7.00. The molecule has 15 heavy (non-hydrogen) atoms. The van der Waals surface area contributed by atoms with E-state index in [1.807, 2.05) is 0 Å². The van der Waals surface area contributed by atoms with Crippen molar-refractivity contribution in [2.75, 3.05) is 0 Å². The first-order chi connectivity index (χ1) is 6.93. The molecule has 0 saturated heterocycles. The summed E-state index contributed by atoms with van der Waals surface area (Å²) in [6.45, 7) is 3.39. The summed E-state index contributed by atoms with van der Waals surface area (Å²) in [5, 5.41) is 8.65. The molecular weight excluding hydrogens is 197 g/mol. The van der Waals surface area contributed by atoms with Gasteiger partial charge in [-0.05, 0) is 30.5 Å². The number of aryl methyl sites for hydroxylation is 2. The van der Waals surface area contributed by atoms with Crippen molar-refractivity contribution in [1.82, 2.24) is 0 Å². The molecule has 0 aliphatic carbocycles. The lowest BCUT2D eigenvalue weighted by atomic mass is 9.98. The maximum Gasteiger partial charge on any atom is 0.320 e. The predicted molar refractivity (Wildman–Crippen MR) is 55.2 cm³/mol. The Morgan fingerprint density at radius 3 is 2.53 bits per heavy atom. The molecule has 0 amide bonds. The summed E-state index contributed by atoms with van der Waals surface area (Å²) < 4.78 is 13.6. The largest absolute Gasteiger partial charge is 0.480 e. The van der Waals surface area contributed by atoms with E-state index < -0.39 is 12.0 Å². The Bertz CT molecular complexity index is 390. The minimum absolute atomic E-state index is 0.0225. The van der Waals surface area contributed by atoms with Crippen LogP contribution in [0.4, 0.5) is 4.39 Å². The molecule has 0 heterocycles. The van der Waals surface area contributed by atoms with Crippen molar-refractivity contribution >= 4 is 5.97 Å². The Kier molecular flexibility index (Phi) is 3.42. The fourth-order valence-corrected chi connectivity index (χ4v) is 1.39. The third kappa shape index (κ3) is 2.53. The number of hydrogen-bond donors (Lipinski definition) is 2. The van der Waals surface area contributed by atoms with Crippen LogP contribution in [0.25, 0.3) is 0 Å². The average molecular weight is 211 g/mol. The number of carboxylic acid groups (broad SMARTS) is 1. The van der Waals surface area contributed by atoms with E-state index in [4.69, 9.17) is 10.8 Å². The van der Waals surface area contributed by atoms with Gasteiger partial charge in [-0.15, -0.1) is 0 Å². The molecule has 0 radical (unpaired) electrons. The third-order valence-electron chi connectivity index (χ3n) is 2.41. The maximum atomic E-state index is 13.6. The third-order valence-corrected chi connectivity index (χ3v) is 2.41. The molecule has 1 aromatic rings. The standard InChI is InChI=1S/C11H14FNO2/c1-6-3-4-7(2)10(12)8(6)5-9(13)11(14)15/h3-4,9H,5,13H2,1-2H3,(H,14,15). The smallest absolute Gasteiger partial charge is 0.320 e. The summed E-state index contributed by atoms with van der Waals surface area (Å²) >= 11 is 0. The van der Waals surface area contributed by atoms with E-state index in [2.05, 4.69) is 0 Å². The van der Waals surface area contributed by atoms with Crippen LogP contribution in [0, 0.1) is 19.7 Å². The molecule has 0 fully saturated rings. The Balaban J connectivity index is 3.03. The monoisotopic (exact) mass is 211 g/mol. The minimum atomic E-state index is -1.12. The van der Waals surface area contributed by atoms with Gasteiger partial charge in [-0.25, -0.2) is 4.39 Å². The molecule has 0 bridgehead atoms. The molecule has 0 aromatic heterocycles. The van der Waals surface area contributed by atoms with Crippen LogP contribution in [0.5, 0.6) is 0 Å². The number of nitrogens with two attached hydrogens (primary N) is 1. The van der Waals surface area contributed by atoms with Crippen molar-refractivity contribution in [3.05, 3.63) is 34.6 Å². The number of hydrogen-bond acceptors (Lipinski definition) is 2. The molecule has 1 atom stereocenters. The second-order valence-electron chi connectivity index (χ2n) is 3.64. The van der Waals surface area contributed by atoms with Gasteiger partial charge < -0.3 is 10.8 Å². The van der Waals surface area contributed by atoms with Crippen LogP contribution < -0.4 is 5.73 Å². The molecule has 3 nitrogen and oxygen atoms in total. The maximum absolute atomic E-state index is 13.6. The first-order valence-electron chi connectivity index (χ1n) is 4.66. The molecule has 3 N–H and O–H groups in total. The highest BCUT2D eigenvalue weighted by Crippen LogP contribution is 2.18. The minimum Gasteiger partial charge on any atom is -0.480 e. The van der Waals surface area contributed by atoms with Crippen LogP contribution in [-0.2, 0) is 11.2 Å². The highest BCUT2D eigenvalue weighted by molar-refractivity contribution is 5.73. The normalized spacial score (nSPS) is 12.5. The van der Waals surface area contributed by atoms with Crippen molar-refractivity contribution < 1.29 is 14.3 Å². The van der Waals surface area contributed by atoms with Gasteiger partial charge in [-0.3, -0.25) is 4.79 Å². The molecule has 0 aliphatic rings. The molecule has 4 heteroatoms. The fraction of sp³-hybridized carbons (Fsp3) is 0.364. The molecule has 1 rings (SSSR count). The van der Waals surface area contributed by atoms with Gasteiger partial charge >= 0.3 is 5.97 Å². The number of aliphatic carboxylic acids is 1. The van der Waals surface area contributed by atoms with Crippen LogP contribution in [0.1, 0.15) is 16.7 Å². The fourth-order valence-electron chi connectivity index (χ4n) is 1.39. The van der Waals surface area contributed by atoms with Gasteiger partial charge in [-0.1, -0.05) is 12.1 Å². The first-order valence-corrected chi connectivity index (χ1v) is 4.66. The molecular formula is C11H14FNO2. The van der Waals surface area contributed by atoms with Crippen molar-refractivity contribution in [2.24, 2.45) is 5.73 Å². The van der Waals surface area contributed by atoms with E-state index >= 15 is 0 Å². The topological polar surface area (TPSA) is 63.3 Å². The van der Waals surface area contributed by atoms with Crippen molar-refractivity contribution in [3.63, 3.8) is 0 Å². The zero-order valence-corrected chi connectivity index (χ0v) is 8.75. The quantitative estimate of drug-likeness (QED) is 0.794. The Labute approximate surface area is 87.7 Å². The molecule has 1 unspecified atom stereocenters. The predicted octanol–water partition coefficient (Wildman–Crippen LogP) is 1.40. The van der Waals surface area contributed by atoms with Gasteiger partial charge in [0.15, 0.2) is 0 Å². The Morgan fingerprint density at radius 1 is 1.47 bits per heavy atom. The second kappa shape index (κ2) is 4.40. The molecule has 0 aliphatic heterocycles. The molecule has 82 valence electrons. The van der Waals surface area contributed by atoms with Crippen molar-refractivity contribution in [3.8, 4) is 0 Å². The molecule has 1 aromatic carbocycles. The van der Waals surface area contributed by atoms with E-state index in [1.165, 1.54) is 0 Å². The summed E-state index contributed by atoms with van der Waals surface area (Å²) in [6.07, 6.45) is 0.0225.